The molecule has 0 spiro atoms. The molecular formula is C11H14F3NS. The normalized spacial score (nSPS) is 11.8. The zero-order valence-corrected chi connectivity index (χ0v) is 10.0. The van der Waals surface area contributed by atoms with Gasteiger partial charge in [-0.25, -0.2) is 0 Å². The first kappa shape index (κ1) is 13.2. The van der Waals surface area contributed by atoms with Gasteiger partial charge >= 0.3 is 5.51 Å². The van der Waals surface area contributed by atoms with Crippen molar-refractivity contribution in [3.8, 4) is 0 Å². The van der Waals surface area contributed by atoms with Gasteiger partial charge in [-0.05, 0) is 47.9 Å². The molecule has 0 radical (unpaired) electrons. The summed E-state index contributed by atoms with van der Waals surface area (Å²) in [6.07, 6.45) is 1.22. The zero-order chi connectivity index (χ0) is 12.3. The molecule has 90 valence electrons. The van der Waals surface area contributed by atoms with Gasteiger partial charge in [0.05, 0.1) is 0 Å². The van der Waals surface area contributed by atoms with Crippen molar-refractivity contribution in [2.24, 2.45) is 0 Å². The first-order chi connectivity index (χ1) is 7.39. The molecule has 5 heteroatoms. The molecule has 0 bridgehead atoms. The van der Waals surface area contributed by atoms with Gasteiger partial charge in [0, 0.05) is 10.6 Å². The predicted molar refractivity (Wildman–Crippen MR) is 61.5 cm³/mol. The van der Waals surface area contributed by atoms with Crippen LogP contribution in [-0.4, -0.2) is 5.51 Å². The summed E-state index contributed by atoms with van der Waals surface area (Å²) in [5.41, 5.74) is 3.62. The molecule has 0 aliphatic heterocycles. The third-order valence-corrected chi connectivity index (χ3v) is 3.19. The zero-order valence-electron chi connectivity index (χ0n) is 9.19. The summed E-state index contributed by atoms with van der Waals surface area (Å²) in [6.45, 7) is 3.74. The average molecular weight is 249 g/mol. The second kappa shape index (κ2) is 4.99. The van der Waals surface area contributed by atoms with Crippen LogP contribution in [0.25, 0.3) is 0 Å². The van der Waals surface area contributed by atoms with E-state index in [0.717, 1.165) is 5.56 Å². The molecule has 0 aromatic heterocycles. The Morgan fingerprint density at radius 1 is 1.12 bits per heavy atom. The molecule has 0 aliphatic carbocycles. The number of hydrogen-bond acceptors (Lipinski definition) is 2. The van der Waals surface area contributed by atoms with E-state index in [4.69, 9.17) is 5.73 Å². The van der Waals surface area contributed by atoms with Crippen LogP contribution in [0, 0.1) is 0 Å². The minimum absolute atomic E-state index is 0.0654. The lowest BCUT2D eigenvalue weighted by Crippen LogP contribution is -2.04. The molecule has 0 atom stereocenters. The van der Waals surface area contributed by atoms with Crippen LogP contribution in [-0.2, 0) is 12.8 Å². The van der Waals surface area contributed by atoms with E-state index in [-0.39, 0.29) is 16.7 Å². The maximum absolute atomic E-state index is 12.3. The monoisotopic (exact) mass is 249 g/mol. The van der Waals surface area contributed by atoms with E-state index in [1.54, 1.807) is 6.07 Å². The van der Waals surface area contributed by atoms with Crippen LogP contribution in [0.1, 0.15) is 25.0 Å². The van der Waals surface area contributed by atoms with Crippen molar-refractivity contribution >= 4 is 17.4 Å². The summed E-state index contributed by atoms with van der Waals surface area (Å²) in [7, 11) is 0. The highest BCUT2D eigenvalue weighted by Crippen LogP contribution is 2.40. The fourth-order valence-electron chi connectivity index (χ4n) is 1.72. The number of nitrogens with two attached hydrogens (primary N) is 1. The van der Waals surface area contributed by atoms with Crippen molar-refractivity contribution in [3.63, 3.8) is 0 Å². The second-order valence-electron chi connectivity index (χ2n) is 3.36. The number of alkyl halides is 3. The SMILES string of the molecule is CCc1c(N)ccc(SC(F)(F)F)c1CC. The van der Waals surface area contributed by atoms with E-state index in [9.17, 15) is 13.2 Å². The van der Waals surface area contributed by atoms with E-state index in [1.165, 1.54) is 6.07 Å². The molecule has 1 aromatic carbocycles. The average Bonchev–Trinajstić information content (AvgIpc) is 2.18. The number of hydrogen-bond donors (Lipinski definition) is 1. The Labute approximate surface area is 97.2 Å². The summed E-state index contributed by atoms with van der Waals surface area (Å²) >= 11 is -0.0654. The molecule has 0 amide bonds. The molecule has 0 heterocycles. The highest BCUT2D eigenvalue weighted by molar-refractivity contribution is 8.00. The first-order valence-corrected chi connectivity index (χ1v) is 5.86. The summed E-state index contributed by atoms with van der Waals surface area (Å²) in [4.78, 5) is 0.265. The Morgan fingerprint density at radius 3 is 2.12 bits per heavy atom. The predicted octanol–water partition coefficient (Wildman–Crippen LogP) is 4.01. The number of halogens is 3. The van der Waals surface area contributed by atoms with Gasteiger partial charge in [0.15, 0.2) is 0 Å². The quantitative estimate of drug-likeness (QED) is 0.647. The summed E-state index contributed by atoms with van der Waals surface area (Å²) in [5, 5.41) is 0. The van der Waals surface area contributed by atoms with Gasteiger partial charge in [-0.3, -0.25) is 0 Å². The van der Waals surface area contributed by atoms with E-state index >= 15 is 0 Å². The van der Waals surface area contributed by atoms with Crippen LogP contribution in [0.3, 0.4) is 0 Å². The van der Waals surface area contributed by atoms with Crippen molar-refractivity contribution < 1.29 is 13.2 Å². The molecule has 0 saturated carbocycles. The highest BCUT2D eigenvalue weighted by atomic mass is 32.2. The molecule has 0 saturated heterocycles. The molecule has 1 aromatic rings. The lowest BCUT2D eigenvalue weighted by molar-refractivity contribution is -0.0328. The third kappa shape index (κ3) is 3.07. The first-order valence-electron chi connectivity index (χ1n) is 5.05. The van der Waals surface area contributed by atoms with E-state index in [0.29, 0.717) is 24.1 Å². The molecular weight excluding hydrogens is 235 g/mol. The Hall–Kier alpha value is -0.840. The van der Waals surface area contributed by atoms with E-state index in [1.807, 2.05) is 13.8 Å². The summed E-state index contributed by atoms with van der Waals surface area (Å²) in [6, 6.07) is 3.00. The maximum Gasteiger partial charge on any atom is 0.446 e. The van der Waals surface area contributed by atoms with Gasteiger partial charge < -0.3 is 5.73 Å². The highest BCUT2D eigenvalue weighted by Gasteiger charge is 2.30. The van der Waals surface area contributed by atoms with Crippen molar-refractivity contribution in [1.82, 2.24) is 0 Å². The fourth-order valence-corrected chi connectivity index (χ4v) is 2.49. The fraction of sp³-hybridized carbons (Fsp3) is 0.455. The smallest absolute Gasteiger partial charge is 0.398 e. The lowest BCUT2D eigenvalue weighted by atomic mass is 10.0. The summed E-state index contributed by atoms with van der Waals surface area (Å²) in [5.74, 6) is 0. The van der Waals surface area contributed by atoms with Gasteiger partial charge in [-0.15, -0.1) is 0 Å². The molecule has 0 aliphatic rings. The van der Waals surface area contributed by atoms with Crippen LogP contribution < -0.4 is 5.73 Å². The minimum atomic E-state index is -4.24. The number of rotatable bonds is 3. The van der Waals surface area contributed by atoms with Crippen LogP contribution in [0.15, 0.2) is 17.0 Å². The lowest BCUT2D eigenvalue weighted by Gasteiger charge is -2.15. The van der Waals surface area contributed by atoms with E-state index in [2.05, 4.69) is 0 Å². The molecule has 0 fully saturated rings. The van der Waals surface area contributed by atoms with Gasteiger partial charge in [0.25, 0.3) is 0 Å². The number of nitrogen functional groups attached to an aromatic ring is 1. The van der Waals surface area contributed by atoms with Crippen molar-refractivity contribution in [2.75, 3.05) is 5.73 Å². The van der Waals surface area contributed by atoms with Crippen LogP contribution >= 0.6 is 11.8 Å². The summed E-state index contributed by atoms with van der Waals surface area (Å²) < 4.78 is 37.0. The molecule has 0 unspecified atom stereocenters. The number of benzene rings is 1. The molecule has 16 heavy (non-hydrogen) atoms. The Kier molecular flexibility index (Phi) is 4.13. The van der Waals surface area contributed by atoms with Crippen LogP contribution in [0.4, 0.5) is 18.9 Å². The van der Waals surface area contributed by atoms with Gasteiger partial charge in [-0.1, -0.05) is 13.8 Å². The third-order valence-electron chi connectivity index (χ3n) is 2.36. The van der Waals surface area contributed by atoms with E-state index < -0.39 is 5.51 Å². The van der Waals surface area contributed by atoms with Crippen molar-refractivity contribution in [3.05, 3.63) is 23.3 Å². The molecule has 1 nitrogen and oxygen atoms in total. The Bertz CT molecular complexity index is 374. The van der Waals surface area contributed by atoms with Crippen molar-refractivity contribution in [1.29, 1.82) is 0 Å². The van der Waals surface area contributed by atoms with Gasteiger partial charge in [-0.2, -0.15) is 13.2 Å². The minimum Gasteiger partial charge on any atom is -0.398 e. The van der Waals surface area contributed by atoms with Crippen LogP contribution in [0.5, 0.6) is 0 Å². The van der Waals surface area contributed by atoms with Gasteiger partial charge in [0.1, 0.15) is 0 Å². The molecule has 2 N–H and O–H groups in total. The Balaban J connectivity index is 3.19. The second-order valence-corrected chi connectivity index (χ2v) is 4.47. The van der Waals surface area contributed by atoms with Crippen molar-refractivity contribution in [2.45, 2.75) is 37.1 Å². The Morgan fingerprint density at radius 2 is 1.69 bits per heavy atom. The van der Waals surface area contributed by atoms with Gasteiger partial charge in [0.2, 0.25) is 0 Å². The standard InChI is InChI=1S/C11H14F3NS/c1-3-7-8(4-2)10(6-5-9(7)15)16-11(12,13)14/h5-6H,3-4,15H2,1-2H3. The number of thioether (sulfide) groups is 1. The molecule has 1 rings (SSSR count). The largest absolute Gasteiger partial charge is 0.446 e. The number of anilines is 1. The topological polar surface area (TPSA) is 26.0 Å². The maximum atomic E-state index is 12.3. The van der Waals surface area contributed by atoms with Crippen LogP contribution in [0.2, 0.25) is 0 Å².